The monoisotopic (exact) mass is 199 g/mol. The number of hydrogen-bond donors (Lipinski definition) is 1. The Morgan fingerprint density at radius 3 is 2.08 bits per heavy atom. The molecule has 0 heterocycles. The number of anilines is 1. The standard InChI is InChI=1S/C11H17N.ClH/c1-8-7-9(11(2,3)4)5-6-10(8)12;/h5-7H,12H2,1-4H3;1H. The quantitative estimate of drug-likeness (QED) is 0.638. The van der Waals surface area contributed by atoms with Gasteiger partial charge >= 0.3 is 0 Å². The van der Waals surface area contributed by atoms with Crippen LogP contribution in [-0.4, -0.2) is 0 Å². The summed E-state index contributed by atoms with van der Waals surface area (Å²) in [4.78, 5) is 0. The Kier molecular flexibility index (Phi) is 3.80. The van der Waals surface area contributed by atoms with Gasteiger partial charge in [-0.3, -0.25) is 0 Å². The zero-order valence-corrected chi connectivity index (χ0v) is 9.53. The molecule has 0 spiro atoms. The molecule has 1 nitrogen and oxygen atoms in total. The molecule has 0 fully saturated rings. The van der Waals surface area contributed by atoms with E-state index in [9.17, 15) is 0 Å². The number of halogens is 1. The number of hydrogen-bond acceptors (Lipinski definition) is 1. The van der Waals surface area contributed by atoms with Crippen LogP contribution in [0.1, 0.15) is 31.9 Å². The maximum atomic E-state index is 5.73. The van der Waals surface area contributed by atoms with Crippen molar-refractivity contribution >= 4 is 18.1 Å². The topological polar surface area (TPSA) is 26.0 Å². The van der Waals surface area contributed by atoms with Gasteiger partial charge in [0.05, 0.1) is 0 Å². The summed E-state index contributed by atoms with van der Waals surface area (Å²) in [7, 11) is 0. The van der Waals surface area contributed by atoms with Crippen molar-refractivity contribution in [2.75, 3.05) is 5.73 Å². The third kappa shape index (κ3) is 2.92. The number of aryl methyl sites for hydroxylation is 1. The summed E-state index contributed by atoms with van der Waals surface area (Å²) in [6.07, 6.45) is 0. The number of rotatable bonds is 0. The van der Waals surface area contributed by atoms with Crippen molar-refractivity contribution in [3.63, 3.8) is 0 Å². The van der Waals surface area contributed by atoms with Crippen molar-refractivity contribution < 1.29 is 0 Å². The van der Waals surface area contributed by atoms with E-state index >= 15 is 0 Å². The molecule has 1 rings (SSSR count). The Labute approximate surface area is 86.7 Å². The van der Waals surface area contributed by atoms with E-state index in [4.69, 9.17) is 5.73 Å². The van der Waals surface area contributed by atoms with Gasteiger partial charge in [-0.15, -0.1) is 12.4 Å². The van der Waals surface area contributed by atoms with Gasteiger partial charge in [-0.1, -0.05) is 32.9 Å². The minimum atomic E-state index is 0. The molecule has 2 heteroatoms. The number of benzene rings is 1. The molecular weight excluding hydrogens is 182 g/mol. The minimum absolute atomic E-state index is 0. The Morgan fingerprint density at radius 2 is 1.69 bits per heavy atom. The second kappa shape index (κ2) is 4.01. The van der Waals surface area contributed by atoms with E-state index in [0.717, 1.165) is 5.69 Å². The highest BCUT2D eigenvalue weighted by molar-refractivity contribution is 5.85. The molecule has 0 amide bonds. The van der Waals surface area contributed by atoms with Crippen molar-refractivity contribution in [3.8, 4) is 0 Å². The highest BCUT2D eigenvalue weighted by Gasteiger charge is 2.13. The van der Waals surface area contributed by atoms with Gasteiger partial charge in [-0.05, 0) is 29.5 Å². The summed E-state index contributed by atoms with van der Waals surface area (Å²) >= 11 is 0. The largest absolute Gasteiger partial charge is 0.399 e. The summed E-state index contributed by atoms with van der Waals surface area (Å²) in [6.45, 7) is 8.67. The molecule has 0 saturated carbocycles. The fraction of sp³-hybridized carbons (Fsp3) is 0.455. The molecule has 0 radical (unpaired) electrons. The van der Waals surface area contributed by atoms with Gasteiger partial charge in [-0.2, -0.15) is 0 Å². The van der Waals surface area contributed by atoms with Crippen LogP contribution < -0.4 is 5.73 Å². The predicted octanol–water partition coefficient (Wildman–Crippen LogP) is 3.30. The van der Waals surface area contributed by atoms with Crippen LogP contribution in [0, 0.1) is 6.92 Å². The molecule has 2 N–H and O–H groups in total. The third-order valence-electron chi connectivity index (χ3n) is 2.14. The molecule has 0 aliphatic carbocycles. The van der Waals surface area contributed by atoms with Crippen LogP contribution in [0.3, 0.4) is 0 Å². The van der Waals surface area contributed by atoms with Crippen molar-refractivity contribution in [2.45, 2.75) is 33.1 Å². The second-order valence-corrected chi connectivity index (χ2v) is 4.32. The summed E-state index contributed by atoms with van der Waals surface area (Å²) in [5.74, 6) is 0. The lowest BCUT2D eigenvalue weighted by atomic mass is 9.86. The maximum Gasteiger partial charge on any atom is 0.0343 e. The van der Waals surface area contributed by atoms with Gasteiger partial charge in [0.25, 0.3) is 0 Å². The molecule has 0 aliphatic heterocycles. The zero-order chi connectivity index (χ0) is 9.35. The average Bonchev–Trinajstić information content (AvgIpc) is 1.92. The van der Waals surface area contributed by atoms with Crippen molar-refractivity contribution in [1.29, 1.82) is 0 Å². The van der Waals surface area contributed by atoms with Crippen molar-refractivity contribution in [2.24, 2.45) is 0 Å². The Balaban J connectivity index is 0.00000144. The second-order valence-electron chi connectivity index (χ2n) is 4.32. The first-order valence-electron chi connectivity index (χ1n) is 4.28. The van der Waals surface area contributed by atoms with Crippen LogP contribution in [-0.2, 0) is 5.41 Å². The molecular formula is C11H18ClN. The highest BCUT2D eigenvalue weighted by atomic mass is 35.5. The van der Waals surface area contributed by atoms with Crippen molar-refractivity contribution in [1.82, 2.24) is 0 Å². The first kappa shape index (κ1) is 12.3. The lowest BCUT2D eigenvalue weighted by Crippen LogP contribution is -2.11. The fourth-order valence-electron chi connectivity index (χ4n) is 1.14. The fourth-order valence-corrected chi connectivity index (χ4v) is 1.14. The van der Waals surface area contributed by atoms with E-state index in [-0.39, 0.29) is 17.8 Å². The average molecular weight is 200 g/mol. The van der Waals surface area contributed by atoms with Gasteiger partial charge < -0.3 is 5.73 Å². The van der Waals surface area contributed by atoms with Crippen LogP contribution in [0.4, 0.5) is 5.69 Å². The van der Waals surface area contributed by atoms with Crippen molar-refractivity contribution in [3.05, 3.63) is 29.3 Å². The van der Waals surface area contributed by atoms with E-state index in [1.54, 1.807) is 0 Å². The summed E-state index contributed by atoms with van der Waals surface area (Å²) in [5.41, 5.74) is 9.34. The molecule has 13 heavy (non-hydrogen) atoms. The minimum Gasteiger partial charge on any atom is -0.399 e. The van der Waals surface area contributed by atoms with Crippen LogP contribution in [0.25, 0.3) is 0 Å². The van der Waals surface area contributed by atoms with Gasteiger partial charge in [-0.25, -0.2) is 0 Å². The molecule has 1 aromatic carbocycles. The van der Waals surface area contributed by atoms with Crippen LogP contribution in [0.5, 0.6) is 0 Å². The Bertz CT molecular complexity index is 287. The first-order chi connectivity index (χ1) is 5.41. The first-order valence-corrected chi connectivity index (χ1v) is 4.28. The van der Waals surface area contributed by atoms with Crippen LogP contribution in [0.15, 0.2) is 18.2 Å². The van der Waals surface area contributed by atoms with Crippen LogP contribution in [0.2, 0.25) is 0 Å². The van der Waals surface area contributed by atoms with E-state index in [0.29, 0.717) is 0 Å². The Hall–Kier alpha value is -0.690. The van der Waals surface area contributed by atoms with E-state index in [1.807, 2.05) is 13.0 Å². The highest BCUT2D eigenvalue weighted by Crippen LogP contribution is 2.24. The molecule has 0 aromatic heterocycles. The zero-order valence-electron chi connectivity index (χ0n) is 8.72. The van der Waals surface area contributed by atoms with Gasteiger partial charge in [0.15, 0.2) is 0 Å². The summed E-state index contributed by atoms with van der Waals surface area (Å²) in [5, 5.41) is 0. The molecule has 0 unspecified atom stereocenters. The van der Waals surface area contributed by atoms with E-state index in [1.165, 1.54) is 11.1 Å². The molecule has 0 saturated heterocycles. The third-order valence-corrected chi connectivity index (χ3v) is 2.14. The molecule has 1 aromatic rings. The lowest BCUT2D eigenvalue weighted by molar-refractivity contribution is 0.590. The van der Waals surface area contributed by atoms with Crippen LogP contribution >= 0.6 is 12.4 Å². The number of nitrogens with two attached hydrogens (primary N) is 1. The normalized spacial score (nSPS) is 10.8. The lowest BCUT2D eigenvalue weighted by Gasteiger charge is -2.19. The summed E-state index contributed by atoms with van der Waals surface area (Å²) < 4.78 is 0. The molecule has 0 atom stereocenters. The molecule has 0 aliphatic rings. The predicted molar refractivity (Wildman–Crippen MR) is 61.5 cm³/mol. The van der Waals surface area contributed by atoms with E-state index < -0.39 is 0 Å². The molecule has 0 bridgehead atoms. The number of nitrogen functional groups attached to an aromatic ring is 1. The van der Waals surface area contributed by atoms with Gasteiger partial charge in [0, 0.05) is 5.69 Å². The maximum absolute atomic E-state index is 5.73. The SMILES string of the molecule is Cc1cc(C(C)(C)C)ccc1N.Cl. The van der Waals surface area contributed by atoms with Gasteiger partial charge in [0.1, 0.15) is 0 Å². The molecule has 74 valence electrons. The summed E-state index contributed by atoms with van der Waals surface area (Å²) in [6, 6.07) is 6.24. The Morgan fingerprint density at radius 1 is 1.15 bits per heavy atom. The van der Waals surface area contributed by atoms with Gasteiger partial charge in [0.2, 0.25) is 0 Å². The smallest absolute Gasteiger partial charge is 0.0343 e. The van der Waals surface area contributed by atoms with E-state index in [2.05, 4.69) is 32.9 Å².